The molecule has 0 saturated carbocycles. The molecule has 172 valence electrons. The number of amides is 1. The Balaban J connectivity index is 1.69. The van der Waals surface area contributed by atoms with E-state index in [0.717, 1.165) is 10.9 Å². The maximum absolute atomic E-state index is 12.7. The highest BCUT2D eigenvalue weighted by Gasteiger charge is 2.27. The standard InChI is InChI=1S/C26H28N2O5/c1-16(2)28-10-9-18-12-21(7-8-22(18)25(28)30)33-23-13-19(26(31)32-4)5-6-20(23)15-27-14-17(3)11-24(27)29/h5-10,12-13,16-17H,11,14-15H2,1-4H3/t17-/m0/s1. The molecule has 2 aromatic carbocycles. The van der Waals surface area contributed by atoms with Crippen molar-refractivity contribution in [1.82, 2.24) is 9.47 Å². The van der Waals surface area contributed by atoms with Crippen molar-refractivity contribution >= 4 is 22.6 Å². The predicted octanol–water partition coefficient (Wildman–Crippen LogP) is 4.53. The van der Waals surface area contributed by atoms with Crippen LogP contribution in [-0.4, -0.2) is 35.0 Å². The fourth-order valence-electron chi connectivity index (χ4n) is 4.19. The molecular formula is C26H28N2O5. The first-order valence-corrected chi connectivity index (χ1v) is 11.1. The first-order valence-electron chi connectivity index (χ1n) is 11.1. The number of carbonyl (C=O) groups excluding carboxylic acids is 2. The number of esters is 1. The summed E-state index contributed by atoms with van der Waals surface area (Å²) in [5.41, 5.74) is 1.10. The van der Waals surface area contributed by atoms with Crippen molar-refractivity contribution in [2.24, 2.45) is 5.92 Å². The zero-order valence-electron chi connectivity index (χ0n) is 19.3. The van der Waals surface area contributed by atoms with Crippen molar-refractivity contribution in [3.8, 4) is 11.5 Å². The molecule has 1 aliphatic rings. The van der Waals surface area contributed by atoms with Gasteiger partial charge in [0, 0.05) is 42.7 Å². The van der Waals surface area contributed by atoms with Crippen LogP contribution >= 0.6 is 0 Å². The molecule has 33 heavy (non-hydrogen) atoms. The highest BCUT2D eigenvalue weighted by molar-refractivity contribution is 5.90. The summed E-state index contributed by atoms with van der Waals surface area (Å²) in [6.45, 7) is 7.07. The van der Waals surface area contributed by atoms with Crippen molar-refractivity contribution in [3.63, 3.8) is 0 Å². The molecule has 1 fully saturated rings. The molecule has 0 aliphatic carbocycles. The summed E-state index contributed by atoms with van der Waals surface area (Å²) >= 11 is 0. The molecule has 0 radical (unpaired) electrons. The van der Waals surface area contributed by atoms with Crippen LogP contribution in [0.3, 0.4) is 0 Å². The van der Waals surface area contributed by atoms with Crippen LogP contribution in [0.1, 0.15) is 49.2 Å². The van der Waals surface area contributed by atoms with E-state index in [0.29, 0.717) is 47.9 Å². The number of pyridine rings is 1. The highest BCUT2D eigenvalue weighted by atomic mass is 16.5. The van der Waals surface area contributed by atoms with Gasteiger partial charge in [-0.15, -0.1) is 0 Å². The van der Waals surface area contributed by atoms with E-state index in [-0.39, 0.29) is 17.5 Å². The van der Waals surface area contributed by atoms with Crippen molar-refractivity contribution < 1.29 is 19.1 Å². The van der Waals surface area contributed by atoms with Gasteiger partial charge in [-0.1, -0.05) is 13.0 Å². The van der Waals surface area contributed by atoms with Gasteiger partial charge in [0.2, 0.25) is 5.91 Å². The minimum absolute atomic E-state index is 0.0518. The second-order valence-corrected chi connectivity index (χ2v) is 8.87. The number of fused-ring (bicyclic) bond motifs is 1. The fourth-order valence-corrected chi connectivity index (χ4v) is 4.19. The summed E-state index contributed by atoms with van der Waals surface area (Å²) in [4.78, 5) is 38.9. The van der Waals surface area contributed by atoms with Crippen LogP contribution < -0.4 is 10.3 Å². The third kappa shape index (κ3) is 4.62. The quantitative estimate of drug-likeness (QED) is 0.518. The molecule has 0 N–H and O–H groups in total. The van der Waals surface area contributed by atoms with Crippen LogP contribution in [0.2, 0.25) is 0 Å². The SMILES string of the molecule is COC(=O)c1ccc(CN2C[C@@H](C)CC2=O)c(Oc2ccc3c(=O)n(C(C)C)ccc3c2)c1. The van der Waals surface area contributed by atoms with Gasteiger partial charge in [0.15, 0.2) is 0 Å². The molecule has 4 rings (SSSR count). The van der Waals surface area contributed by atoms with Gasteiger partial charge in [-0.25, -0.2) is 4.79 Å². The Hall–Kier alpha value is -3.61. The van der Waals surface area contributed by atoms with E-state index in [2.05, 4.69) is 6.92 Å². The van der Waals surface area contributed by atoms with E-state index in [9.17, 15) is 14.4 Å². The van der Waals surface area contributed by atoms with Gasteiger partial charge < -0.3 is 18.9 Å². The number of hydrogen-bond donors (Lipinski definition) is 0. The van der Waals surface area contributed by atoms with Gasteiger partial charge in [-0.05, 0) is 61.5 Å². The third-order valence-corrected chi connectivity index (χ3v) is 5.94. The topological polar surface area (TPSA) is 77.8 Å². The van der Waals surface area contributed by atoms with E-state index < -0.39 is 5.97 Å². The predicted molar refractivity (Wildman–Crippen MR) is 126 cm³/mol. The van der Waals surface area contributed by atoms with Crippen LogP contribution in [0, 0.1) is 5.92 Å². The molecule has 7 heteroatoms. The molecule has 1 amide bonds. The number of aromatic nitrogens is 1. The summed E-state index contributed by atoms with van der Waals surface area (Å²) < 4.78 is 12.7. The number of nitrogens with zero attached hydrogens (tertiary/aromatic N) is 2. The van der Waals surface area contributed by atoms with E-state index in [4.69, 9.17) is 9.47 Å². The molecule has 1 saturated heterocycles. The van der Waals surface area contributed by atoms with Crippen molar-refractivity contribution in [2.75, 3.05) is 13.7 Å². The zero-order chi connectivity index (χ0) is 23.7. The van der Waals surface area contributed by atoms with Gasteiger partial charge >= 0.3 is 5.97 Å². The van der Waals surface area contributed by atoms with Gasteiger partial charge in [-0.3, -0.25) is 9.59 Å². The average molecular weight is 449 g/mol. The average Bonchev–Trinajstić information content (AvgIpc) is 3.10. The summed E-state index contributed by atoms with van der Waals surface area (Å²) in [6.07, 6.45) is 2.32. The Morgan fingerprint density at radius 1 is 1.12 bits per heavy atom. The summed E-state index contributed by atoms with van der Waals surface area (Å²) in [7, 11) is 1.33. The smallest absolute Gasteiger partial charge is 0.337 e. The highest BCUT2D eigenvalue weighted by Crippen LogP contribution is 2.31. The van der Waals surface area contributed by atoms with Crippen LogP contribution in [0.25, 0.3) is 10.8 Å². The Labute approximate surface area is 192 Å². The number of rotatable bonds is 6. The maximum atomic E-state index is 12.7. The maximum Gasteiger partial charge on any atom is 0.337 e. The second kappa shape index (κ2) is 9.10. The zero-order valence-corrected chi connectivity index (χ0v) is 19.3. The Morgan fingerprint density at radius 2 is 1.91 bits per heavy atom. The number of likely N-dealkylation sites (tertiary alicyclic amines) is 1. The van der Waals surface area contributed by atoms with Crippen molar-refractivity contribution in [2.45, 2.75) is 39.8 Å². The minimum atomic E-state index is -0.468. The lowest BCUT2D eigenvalue weighted by Crippen LogP contribution is -2.24. The molecule has 3 aromatic rings. The molecular weight excluding hydrogens is 420 g/mol. The number of benzene rings is 2. The monoisotopic (exact) mass is 448 g/mol. The van der Waals surface area contributed by atoms with Gasteiger partial charge in [0.05, 0.1) is 12.7 Å². The van der Waals surface area contributed by atoms with Crippen LogP contribution in [0.5, 0.6) is 11.5 Å². The summed E-state index contributed by atoms with van der Waals surface area (Å²) in [6, 6.07) is 12.4. The molecule has 1 aromatic heterocycles. The number of carbonyl (C=O) groups is 2. The Kier molecular flexibility index (Phi) is 6.22. The van der Waals surface area contributed by atoms with Gasteiger partial charge in [-0.2, -0.15) is 0 Å². The van der Waals surface area contributed by atoms with E-state index in [1.54, 1.807) is 52.1 Å². The largest absolute Gasteiger partial charge is 0.465 e. The van der Waals surface area contributed by atoms with E-state index >= 15 is 0 Å². The molecule has 7 nitrogen and oxygen atoms in total. The van der Waals surface area contributed by atoms with Crippen molar-refractivity contribution in [1.29, 1.82) is 0 Å². The van der Waals surface area contributed by atoms with Crippen LogP contribution in [0.15, 0.2) is 53.5 Å². The number of methoxy groups -OCH3 is 1. The molecule has 0 spiro atoms. The Bertz CT molecular complexity index is 1280. The summed E-state index contributed by atoms with van der Waals surface area (Å²) in [5.74, 6) is 0.961. The first-order chi connectivity index (χ1) is 15.8. The lowest BCUT2D eigenvalue weighted by Gasteiger charge is -2.19. The van der Waals surface area contributed by atoms with E-state index in [1.807, 2.05) is 19.9 Å². The first kappa shape index (κ1) is 22.6. The van der Waals surface area contributed by atoms with Crippen LogP contribution in [0.4, 0.5) is 0 Å². The normalized spacial score (nSPS) is 16.0. The Morgan fingerprint density at radius 3 is 2.58 bits per heavy atom. The summed E-state index contributed by atoms with van der Waals surface area (Å²) in [5, 5.41) is 1.38. The van der Waals surface area contributed by atoms with E-state index in [1.165, 1.54) is 7.11 Å². The van der Waals surface area contributed by atoms with Gasteiger partial charge in [0.1, 0.15) is 11.5 Å². The minimum Gasteiger partial charge on any atom is -0.465 e. The second-order valence-electron chi connectivity index (χ2n) is 8.87. The molecule has 1 aliphatic heterocycles. The third-order valence-electron chi connectivity index (χ3n) is 5.94. The molecule has 2 heterocycles. The lowest BCUT2D eigenvalue weighted by molar-refractivity contribution is -0.128. The lowest BCUT2D eigenvalue weighted by atomic mass is 10.1. The van der Waals surface area contributed by atoms with Gasteiger partial charge in [0.25, 0.3) is 5.56 Å². The van der Waals surface area contributed by atoms with Crippen molar-refractivity contribution in [3.05, 3.63) is 70.1 Å². The molecule has 0 bridgehead atoms. The number of hydrogen-bond acceptors (Lipinski definition) is 5. The molecule has 1 atom stereocenters. The molecule has 0 unspecified atom stereocenters. The fraction of sp³-hybridized carbons (Fsp3) is 0.346. The number of ether oxygens (including phenoxy) is 2. The van der Waals surface area contributed by atoms with Crippen LogP contribution in [-0.2, 0) is 16.1 Å².